The fourth-order valence-corrected chi connectivity index (χ4v) is 1.59. The first-order chi connectivity index (χ1) is 6.15. The van der Waals surface area contributed by atoms with Crippen LogP contribution in [0.3, 0.4) is 0 Å². The van der Waals surface area contributed by atoms with Crippen molar-refractivity contribution in [3.05, 3.63) is 41.5 Å². The molecule has 0 aliphatic carbocycles. The summed E-state index contributed by atoms with van der Waals surface area (Å²) in [6, 6.07) is 6.44. The molecule has 70 valence electrons. The summed E-state index contributed by atoms with van der Waals surface area (Å²) in [5.41, 5.74) is 4.09. The molecular weight excluding hydrogens is 156 g/mol. The molecule has 0 unspecified atom stereocenters. The Morgan fingerprint density at radius 3 is 2.62 bits per heavy atom. The van der Waals surface area contributed by atoms with E-state index in [1.807, 2.05) is 6.08 Å². The molecule has 0 heteroatoms. The Morgan fingerprint density at radius 1 is 1.38 bits per heavy atom. The Kier molecular flexibility index (Phi) is 3.30. The predicted octanol–water partition coefficient (Wildman–Crippen LogP) is 3.84. The molecule has 0 heterocycles. The van der Waals surface area contributed by atoms with E-state index in [2.05, 4.69) is 45.5 Å². The number of benzene rings is 1. The number of hydrogen-bond acceptors (Lipinski definition) is 0. The maximum absolute atomic E-state index is 3.81. The molecule has 0 bridgehead atoms. The van der Waals surface area contributed by atoms with E-state index >= 15 is 0 Å². The van der Waals surface area contributed by atoms with Gasteiger partial charge in [0.15, 0.2) is 0 Å². The molecule has 0 nitrogen and oxygen atoms in total. The lowest BCUT2D eigenvalue weighted by Gasteiger charge is -2.10. The monoisotopic (exact) mass is 174 g/mol. The molecule has 0 atom stereocenters. The van der Waals surface area contributed by atoms with Gasteiger partial charge in [-0.3, -0.25) is 0 Å². The molecule has 1 aromatic rings. The zero-order valence-electron chi connectivity index (χ0n) is 8.80. The van der Waals surface area contributed by atoms with E-state index in [4.69, 9.17) is 0 Å². The second kappa shape index (κ2) is 4.27. The van der Waals surface area contributed by atoms with Gasteiger partial charge in [0.25, 0.3) is 0 Å². The molecule has 1 rings (SSSR count). The van der Waals surface area contributed by atoms with Gasteiger partial charge in [0.1, 0.15) is 0 Å². The van der Waals surface area contributed by atoms with Gasteiger partial charge in [0.2, 0.25) is 0 Å². The summed E-state index contributed by atoms with van der Waals surface area (Å²) in [6.07, 6.45) is 3.09. The second-order valence-electron chi connectivity index (χ2n) is 3.93. The Labute approximate surface area is 81.3 Å². The van der Waals surface area contributed by atoms with E-state index in [-0.39, 0.29) is 0 Å². The van der Waals surface area contributed by atoms with Gasteiger partial charge in [0.05, 0.1) is 0 Å². The smallest absolute Gasteiger partial charge is 0.0230 e. The number of rotatable bonds is 3. The molecule has 0 spiro atoms. The summed E-state index contributed by atoms with van der Waals surface area (Å²) in [6.45, 7) is 10.5. The second-order valence-corrected chi connectivity index (χ2v) is 3.93. The highest BCUT2D eigenvalue weighted by atomic mass is 14.1. The van der Waals surface area contributed by atoms with Gasteiger partial charge in [-0.2, -0.15) is 0 Å². The summed E-state index contributed by atoms with van der Waals surface area (Å²) in [5, 5.41) is 0. The number of hydrogen-bond donors (Lipinski definition) is 0. The minimum absolute atomic E-state index is 0.721. The molecular formula is C13H18. The van der Waals surface area contributed by atoms with Gasteiger partial charge >= 0.3 is 0 Å². The minimum atomic E-state index is 0.721. The summed E-state index contributed by atoms with van der Waals surface area (Å²) < 4.78 is 0. The van der Waals surface area contributed by atoms with Crippen LogP contribution in [0.25, 0.3) is 6.08 Å². The molecule has 13 heavy (non-hydrogen) atoms. The van der Waals surface area contributed by atoms with E-state index in [1.165, 1.54) is 16.7 Å². The van der Waals surface area contributed by atoms with Crippen LogP contribution in [-0.2, 0) is 6.42 Å². The van der Waals surface area contributed by atoms with E-state index < -0.39 is 0 Å². The highest BCUT2D eigenvalue weighted by Gasteiger charge is 2.03. The third-order valence-electron chi connectivity index (χ3n) is 2.34. The van der Waals surface area contributed by atoms with E-state index in [0.29, 0.717) is 0 Å². The van der Waals surface area contributed by atoms with Crippen molar-refractivity contribution in [3.63, 3.8) is 0 Å². The van der Waals surface area contributed by atoms with Crippen LogP contribution in [0, 0.1) is 12.8 Å². The summed E-state index contributed by atoms with van der Waals surface area (Å²) in [5.74, 6) is 0.721. The standard InChI is InChI=1S/C13H18/c1-5-12-7-6-8-13(11(12)4)9-10(2)3/h5-8,10H,1,9H2,2-4H3. The molecule has 0 aliphatic heterocycles. The van der Waals surface area contributed by atoms with Crippen LogP contribution in [0.5, 0.6) is 0 Å². The average Bonchev–Trinajstić information content (AvgIpc) is 2.08. The first-order valence-electron chi connectivity index (χ1n) is 4.86. The molecule has 0 aliphatic rings. The van der Waals surface area contributed by atoms with Crippen molar-refractivity contribution in [2.45, 2.75) is 27.2 Å². The van der Waals surface area contributed by atoms with Gasteiger partial charge < -0.3 is 0 Å². The van der Waals surface area contributed by atoms with Crippen LogP contribution in [0.4, 0.5) is 0 Å². The molecule has 0 saturated carbocycles. The van der Waals surface area contributed by atoms with Crippen LogP contribution >= 0.6 is 0 Å². The van der Waals surface area contributed by atoms with Crippen LogP contribution in [-0.4, -0.2) is 0 Å². The fraction of sp³-hybridized carbons (Fsp3) is 0.385. The van der Waals surface area contributed by atoms with Crippen molar-refractivity contribution in [1.82, 2.24) is 0 Å². The normalized spacial score (nSPS) is 10.5. The highest BCUT2D eigenvalue weighted by Crippen LogP contribution is 2.17. The van der Waals surface area contributed by atoms with Gasteiger partial charge in [-0.1, -0.05) is 44.7 Å². The first kappa shape index (κ1) is 10.0. The zero-order valence-corrected chi connectivity index (χ0v) is 8.80. The Morgan fingerprint density at radius 2 is 2.08 bits per heavy atom. The maximum atomic E-state index is 3.81. The average molecular weight is 174 g/mol. The maximum Gasteiger partial charge on any atom is -0.0230 e. The molecule has 0 N–H and O–H groups in total. The Bertz CT molecular complexity index is 295. The third kappa shape index (κ3) is 2.45. The summed E-state index contributed by atoms with van der Waals surface area (Å²) >= 11 is 0. The van der Waals surface area contributed by atoms with Gasteiger partial charge in [-0.05, 0) is 36.0 Å². The van der Waals surface area contributed by atoms with Crippen molar-refractivity contribution in [2.24, 2.45) is 5.92 Å². The van der Waals surface area contributed by atoms with Gasteiger partial charge in [0, 0.05) is 0 Å². The molecule has 0 amide bonds. The summed E-state index contributed by atoms with van der Waals surface area (Å²) in [7, 11) is 0. The summed E-state index contributed by atoms with van der Waals surface area (Å²) in [4.78, 5) is 0. The highest BCUT2D eigenvalue weighted by molar-refractivity contribution is 5.53. The van der Waals surface area contributed by atoms with E-state index in [1.54, 1.807) is 0 Å². The van der Waals surface area contributed by atoms with Crippen LogP contribution in [0.2, 0.25) is 0 Å². The van der Waals surface area contributed by atoms with Gasteiger partial charge in [-0.15, -0.1) is 0 Å². The van der Waals surface area contributed by atoms with Gasteiger partial charge in [-0.25, -0.2) is 0 Å². The first-order valence-corrected chi connectivity index (χ1v) is 4.86. The fourth-order valence-electron chi connectivity index (χ4n) is 1.59. The van der Waals surface area contributed by atoms with E-state index in [9.17, 15) is 0 Å². The SMILES string of the molecule is C=Cc1cccc(CC(C)C)c1C. The predicted molar refractivity (Wildman–Crippen MR) is 59.8 cm³/mol. The lowest BCUT2D eigenvalue weighted by atomic mass is 9.95. The molecule has 0 radical (unpaired) electrons. The largest absolute Gasteiger partial charge is 0.0985 e. The van der Waals surface area contributed by atoms with Crippen molar-refractivity contribution in [1.29, 1.82) is 0 Å². The molecule has 0 aromatic heterocycles. The van der Waals surface area contributed by atoms with Crippen molar-refractivity contribution in [2.75, 3.05) is 0 Å². The van der Waals surface area contributed by atoms with Crippen LogP contribution in [0.1, 0.15) is 30.5 Å². The Balaban J connectivity index is 3.01. The molecule has 1 aromatic carbocycles. The van der Waals surface area contributed by atoms with Crippen LogP contribution < -0.4 is 0 Å². The third-order valence-corrected chi connectivity index (χ3v) is 2.34. The van der Waals surface area contributed by atoms with Crippen LogP contribution in [0.15, 0.2) is 24.8 Å². The Hall–Kier alpha value is -1.04. The van der Waals surface area contributed by atoms with Crippen molar-refractivity contribution < 1.29 is 0 Å². The van der Waals surface area contributed by atoms with E-state index in [0.717, 1.165) is 12.3 Å². The lowest BCUT2D eigenvalue weighted by Crippen LogP contribution is -1.97. The molecule has 0 saturated heterocycles. The van der Waals surface area contributed by atoms with Crippen molar-refractivity contribution >= 4 is 6.08 Å². The lowest BCUT2D eigenvalue weighted by molar-refractivity contribution is 0.645. The quantitative estimate of drug-likeness (QED) is 0.653. The topological polar surface area (TPSA) is 0 Å². The van der Waals surface area contributed by atoms with Crippen molar-refractivity contribution in [3.8, 4) is 0 Å². The molecule has 0 fully saturated rings. The zero-order chi connectivity index (χ0) is 9.84. The minimum Gasteiger partial charge on any atom is -0.0985 e.